The topological polar surface area (TPSA) is 76.0 Å². The van der Waals surface area contributed by atoms with Gasteiger partial charge in [-0.25, -0.2) is 4.98 Å². The number of benzene rings is 1. The third kappa shape index (κ3) is 3.56. The molecule has 3 heterocycles. The van der Waals surface area contributed by atoms with Crippen molar-refractivity contribution in [2.75, 3.05) is 12.4 Å². The summed E-state index contributed by atoms with van der Waals surface area (Å²) in [6.45, 7) is 1.78. The molecule has 0 unspecified atom stereocenters. The number of hydrogen-bond acceptors (Lipinski definition) is 4. The number of nitrogens with zero attached hydrogens (tertiary/aromatic N) is 2. The summed E-state index contributed by atoms with van der Waals surface area (Å²) in [5.41, 5.74) is 2.53. The number of carbonyl (C=O) groups is 2. The van der Waals surface area contributed by atoms with Crippen LogP contribution in [0.25, 0.3) is 16.0 Å². The zero-order valence-electron chi connectivity index (χ0n) is 16.0. The molecular formula is C21H16Cl2N4O2S. The number of thiophene rings is 1. The van der Waals surface area contributed by atoms with Crippen molar-refractivity contribution in [3.8, 4) is 5.82 Å². The highest BCUT2D eigenvalue weighted by Crippen LogP contribution is 2.32. The number of fused-ring (bicyclic) bond motifs is 1. The highest BCUT2D eigenvalue weighted by molar-refractivity contribution is 7.17. The molecule has 0 saturated heterocycles. The maximum atomic E-state index is 13.3. The molecule has 6 nitrogen and oxygen atoms in total. The van der Waals surface area contributed by atoms with Crippen molar-refractivity contribution in [1.29, 1.82) is 0 Å². The smallest absolute Gasteiger partial charge is 0.272 e. The summed E-state index contributed by atoms with van der Waals surface area (Å²) in [7, 11) is 1.52. The third-order valence-electron chi connectivity index (χ3n) is 4.62. The summed E-state index contributed by atoms with van der Waals surface area (Å²) >= 11 is 14.0. The van der Waals surface area contributed by atoms with Gasteiger partial charge in [-0.2, -0.15) is 0 Å². The lowest BCUT2D eigenvalue weighted by Crippen LogP contribution is -2.23. The van der Waals surface area contributed by atoms with E-state index in [0.717, 1.165) is 10.2 Å². The minimum absolute atomic E-state index is 0.284. The molecule has 0 aliphatic carbocycles. The summed E-state index contributed by atoms with van der Waals surface area (Å²) in [6.07, 6.45) is 1.62. The number of aryl methyl sites for hydroxylation is 1. The van der Waals surface area contributed by atoms with Crippen LogP contribution in [0.3, 0.4) is 0 Å². The van der Waals surface area contributed by atoms with Gasteiger partial charge in [-0.15, -0.1) is 11.3 Å². The van der Waals surface area contributed by atoms with Gasteiger partial charge < -0.3 is 10.6 Å². The maximum absolute atomic E-state index is 13.3. The molecule has 0 saturated carbocycles. The van der Waals surface area contributed by atoms with E-state index < -0.39 is 5.91 Å². The van der Waals surface area contributed by atoms with Crippen LogP contribution < -0.4 is 10.6 Å². The summed E-state index contributed by atoms with van der Waals surface area (Å²) < 4.78 is 2.63. The molecule has 4 aromatic rings. The van der Waals surface area contributed by atoms with E-state index in [1.54, 1.807) is 42.0 Å². The van der Waals surface area contributed by atoms with Crippen molar-refractivity contribution in [1.82, 2.24) is 14.9 Å². The molecule has 0 atom stereocenters. The molecule has 0 bridgehead atoms. The van der Waals surface area contributed by atoms with Crippen LogP contribution in [0.1, 0.15) is 26.4 Å². The minimum Gasteiger partial charge on any atom is -0.355 e. The van der Waals surface area contributed by atoms with Crippen molar-refractivity contribution in [3.05, 3.63) is 74.8 Å². The predicted octanol–water partition coefficient (Wildman–Crippen LogP) is 5.31. The first-order chi connectivity index (χ1) is 14.4. The number of amides is 2. The van der Waals surface area contributed by atoms with E-state index in [9.17, 15) is 9.59 Å². The molecule has 0 radical (unpaired) electrons. The summed E-state index contributed by atoms with van der Waals surface area (Å²) in [6, 6.07) is 10.4. The van der Waals surface area contributed by atoms with E-state index in [4.69, 9.17) is 23.2 Å². The largest absolute Gasteiger partial charge is 0.355 e. The van der Waals surface area contributed by atoms with E-state index in [0.29, 0.717) is 32.8 Å². The minimum atomic E-state index is -0.393. The average Bonchev–Trinajstić information content (AvgIpc) is 3.31. The lowest BCUT2D eigenvalue weighted by atomic mass is 10.1. The van der Waals surface area contributed by atoms with Crippen LogP contribution in [0, 0.1) is 6.92 Å². The van der Waals surface area contributed by atoms with Crippen molar-refractivity contribution >= 4 is 62.3 Å². The Labute approximate surface area is 186 Å². The molecule has 2 N–H and O–H groups in total. The zero-order chi connectivity index (χ0) is 21.4. The van der Waals surface area contributed by atoms with E-state index in [1.807, 2.05) is 11.4 Å². The number of halogens is 2. The van der Waals surface area contributed by atoms with Gasteiger partial charge in [-0.3, -0.25) is 14.2 Å². The summed E-state index contributed by atoms with van der Waals surface area (Å²) in [5.74, 6) is -0.284. The molecular weight excluding hydrogens is 443 g/mol. The van der Waals surface area contributed by atoms with E-state index in [1.165, 1.54) is 24.5 Å². The molecule has 3 aromatic heterocycles. The first-order valence-corrected chi connectivity index (χ1v) is 10.6. The Balaban J connectivity index is 1.83. The van der Waals surface area contributed by atoms with Crippen LogP contribution in [0.2, 0.25) is 10.0 Å². The van der Waals surface area contributed by atoms with Crippen LogP contribution in [0.4, 0.5) is 5.69 Å². The molecule has 2 amide bonds. The highest BCUT2D eigenvalue weighted by Gasteiger charge is 2.23. The first kappa shape index (κ1) is 20.4. The van der Waals surface area contributed by atoms with Gasteiger partial charge in [0.1, 0.15) is 5.69 Å². The van der Waals surface area contributed by atoms with E-state index in [2.05, 4.69) is 15.6 Å². The standard InChI is InChI=1S/C21H16Cl2N4O2S/c1-11-8-12(22)9-13(20(28)24-2)18(11)26-21(29)16-10-17-15(5-7-30-17)27(16)19-14(23)4-3-6-25-19/h3-10H,1-2H3,(H,24,28)(H,26,29). The van der Waals surface area contributed by atoms with Gasteiger partial charge in [-0.05, 0) is 54.3 Å². The molecule has 0 aliphatic heterocycles. The fraction of sp³-hybridized carbons (Fsp3) is 0.0952. The van der Waals surface area contributed by atoms with Crippen molar-refractivity contribution in [3.63, 3.8) is 0 Å². The molecule has 1 aromatic carbocycles. The Morgan fingerprint density at radius 1 is 1.13 bits per heavy atom. The van der Waals surface area contributed by atoms with Gasteiger partial charge >= 0.3 is 0 Å². The van der Waals surface area contributed by atoms with Gasteiger partial charge in [-0.1, -0.05) is 23.2 Å². The van der Waals surface area contributed by atoms with Gasteiger partial charge in [0.05, 0.1) is 26.5 Å². The first-order valence-electron chi connectivity index (χ1n) is 8.94. The quantitative estimate of drug-likeness (QED) is 0.434. The van der Waals surface area contributed by atoms with Crippen LogP contribution >= 0.6 is 34.5 Å². The van der Waals surface area contributed by atoms with Crippen LogP contribution in [-0.4, -0.2) is 28.4 Å². The van der Waals surface area contributed by atoms with Crippen LogP contribution in [0.15, 0.2) is 48.0 Å². The average molecular weight is 459 g/mol. The molecule has 30 heavy (non-hydrogen) atoms. The number of rotatable bonds is 4. The zero-order valence-corrected chi connectivity index (χ0v) is 18.3. The molecule has 0 spiro atoms. The Morgan fingerprint density at radius 2 is 1.93 bits per heavy atom. The summed E-state index contributed by atoms with van der Waals surface area (Å²) in [4.78, 5) is 30.0. The van der Waals surface area contributed by atoms with Gasteiger partial charge in [0.2, 0.25) is 0 Å². The Bertz CT molecular complexity index is 1300. The fourth-order valence-electron chi connectivity index (χ4n) is 3.26. The Kier molecular flexibility index (Phi) is 5.51. The van der Waals surface area contributed by atoms with Crippen molar-refractivity contribution in [2.45, 2.75) is 6.92 Å². The second-order valence-electron chi connectivity index (χ2n) is 6.52. The predicted molar refractivity (Wildman–Crippen MR) is 121 cm³/mol. The number of nitrogens with one attached hydrogen (secondary N) is 2. The molecule has 152 valence electrons. The second-order valence-corrected chi connectivity index (χ2v) is 8.31. The number of carbonyl (C=O) groups excluding carboxylic acids is 2. The van der Waals surface area contributed by atoms with Crippen molar-refractivity contribution in [2.24, 2.45) is 0 Å². The monoisotopic (exact) mass is 458 g/mol. The highest BCUT2D eigenvalue weighted by atomic mass is 35.5. The third-order valence-corrected chi connectivity index (χ3v) is 5.98. The molecule has 4 rings (SSSR count). The summed E-state index contributed by atoms with van der Waals surface area (Å²) in [5, 5.41) is 8.21. The number of anilines is 1. The molecule has 0 aliphatic rings. The van der Waals surface area contributed by atoms with Gasteiger partial charge in [0.25, 0.3) is 11.8 Å². The maximum Gasteiger partial charge on any atom is 0.272 e. The number of aromatic nitrogens is 2. The molecule has 9 heteroatoms. The number of hydrogen-bond donors (Lipinski definition) is 2. The van der Waals surface area contributed by atoms with E-state index >= 15 is 0 Å². The van der Waals surface area contributed by atoms with E-state index in [-0.39, 0.29) is 11.5 Å². The fourth-order valence-corrected chi connectivity index (χ4v) is 4.55. The lowest BCUT2D eigenvalue weighted by Gasteiger charge is -2.15. The van der Waals surface area contributed by atoms with Crippen LogP contribution in [0.5, 0.6) is 0 Å². The SMILES string of the molecule is CNC(=O)c1cc(Cl)cc(C)c1NC(=O)c1cc2sccc2n1-c1ncccc1Cl. The second kappa shape index (κ2) is 8.10. The normalized spacial score (nSPS) is 10.9. The van der Waals surface area contributed by atoms with Gasteiger partial charge in [0, 0.05) is 18.3 Å². The number of pyridine rings is 1. The molecule has 0 fully saturated rings. The Morgan fingerprint density at radius 3 is 2.67 bits per heavy atom. The lowest BCUT2D eigenvalue weighted by molar-refractivity contribution is 0.0964. The Hall–Kier alpha value is -2.87. The van der Waals surface area contributed by atoms with Crippen LogP contribution in [-0.2, 0) is 0 Å². The van der Waals surface area contributed by atoms with Crippen molar-refractivity contribution < 1.29 is 9.59 Å². The van der Waals surface area contributed by atoms with Gasteiger partial charge in [0.15, 0.2) is 5.82 Å².